The Balaban J connectivity index is 1.61. The largest absolute Gasteiger partial charge is 0.550 e. The van der Waals surface area contributed by atoms with Crippen molar-refractivity contribution in [1.29, 1.82) is 0 Å². The van der Waals surface area contributed by atoms with Crippen molar-refractivity contribution in [1.82, 2.24) is 4.90 Å². The lowest BCUT2D eigenvalue weighted by Crippen LogP contribution is -2.49. The topological polar surface area (TPSA) is 86.7 Å². The molecule has 0 spiro atoms. The van der Waals surface area contributed by atoms with Crippen molar-refractivity contribution in [2.45, 2.75) is 18.6 Å². The minimum atomic E-state index is -1.09. The number of fused-ring (bicyclic) bond motifs is 5. The van der Waals surface area contributed by atoms with Gasteiger partial charge in [-0.25, -0.2) is 0 Å². The molecule has 0 aromatic rings. The number of hydrogen-bond acceptors (Lipinski definition) is 5. The summed E-state index contributed by atoms with van der Waals surface area (Å²) in [6.07, 6.45) is 3.15. The van der Waals surface area contributed by atoms with Gasteiger partial charge in [-0.2, -0.15) is 0 Å². The van der Waals surface area contributed by atoms with E-state index in [1.807, 2.05) is 26.2 Å². The Morgan fingerprint density at radius 3 is 2.23 bits per heavy atom. The molecule has 4 atom stereocenters. The van der Waals surface area contributed by atoms with Crippen molar-refractivity contribution in [3.05, 3.63) is 12.2 Å². The lowest BCUT2D eigenvalue weighted by atomic mass is 9.85. The average molecular weight is 308 g/mol. The molecule has 7 nitrogen and oxygen atoms in total. The zero-order valence-electron chi connectivity index (χ0n) is 12.7. The van der Waals surface area contributed by atoms with Crippen LogP contribution >= 0.6 is 0 Å². The minimum absolute atomic E-state index is 0.0396. The van der Waals surface area contributed by atoms with Crippen LogP contribution in [0.3, 0.4) is 0 Å². The van der Waals surface area contributed by atoms with Gasteiger partial charge in [0.2, 0.25) is 11.8 Å². The van der Waals surface area contributed by atoms with Crippen molar-refractivity contribution < 1.29 is 28.7 Å². The summed E-state index contributed by atoms with van der Waals surface area (Å²) in [5.41, 5.74) is 0. The number of quaternary nitrogens is 1. The molecule has 0 N–H and O–H groups in total. The van der Waals surface area contributed by atoms with E-state index in [2.05, 4.69) is 0 Å². The van der Waals surface area contributed by atoms with E-state index in [1.165, 1.54) is 4.90 Å². The van der Waals surface area contributed by atoms with Crippen LogP contribution in [-0.4, -0.2) is 73.1 Å². The lowest BCUT2D eigenvalue weighted by molar-refractivity contribution is -0.889. The molecule has 0 aromatic heterocycles. The second kappa shape index (κ2) is 5.17. The van der Waals surface area contributed by atoms with E-state index < -0.39 is 5.97 Å². The van der Waals surface area contributed by atoms with Crippen LogP contribution in [0, 0.1) is 11.8 Å². The molecule has 3 aliphatic rings. The molecule has 3 rings (SSSR count). The zero-order valence-corrected chi connectivity index (χ0v) is 12.7. The van der Waals surface area contributed by atoms with Crippen molar-refractivity contribution in [3.8, 4) is 0 Å². The first-order valence-corrected chi connectivity index (χ1v) is 7.51. The Morgan fingerprint density at radius 2 is 1.73 bits per heavy atom. The smallest absolute Gasteiger partial charge is 0.236 e. The van der Waals surface area contributed by atoms with Crippen molar-refractivity contribution in [3.63, 3.8) is 0 Å². The minimum Gasteiger partial charge on any atom is -0.550 e. The van der Waals surface area contributed by atoms with Crippen LogP contribution in [-0.2, 0) is 19.1 Å². The molecule has 7 heteroatoms. The molecule has 0 aliphatic carbocycles. The van der Waals surface area contributed by atoms with Gasteiger partial charge in [0.05, 0.1) is 57.8 Å². The first kappa shape index (κ1) is 15.2. The number of amides is 2. The number of likely N-dealkylation sites (N-methyl/N-ethyl adjacent to an activating group) is 1. The monoisotopic (exact) mass is 308 g/mol. The number of carbonyl (C=O) groups excluding carboxylic acids is 3. The Labute approximate surface area is 128 Å². The van der Waals surface area contributed by atoms with E-state index in [9.17, 15) is 19.5 Å². The Kier molecular flexibility index (Phi) is 3.57. The molecule has 2 bridgehead atoms. The van der Waals surface area contributed by atoms with Crippen molar-refractivity contribution >= 4 is 17.8 Å². The Hall–Kier alpha value is -1.73. The number of carbonyl (C=O) groups is 3. The van der Waals surface area contributed by atoms with Crippen molar-refractivity contribution in [2.24, 2.45) is 11.8 Å². The van der Waals surface area contributed by atoms with Gasteiger partial charge in [-0.3, -0.25) is 14.5 Å². The molecule has 2 fully saturated rings. The maximum absolute atomic E-state index is 12.5. The van der Waals surface area contributed by atoms with Gasteiger partial charge >= 0.3 is 0 Å². The summed E-state index contributed by atoms with van der Waals surface area (Å²) in [6, 6.07) is 0. The molecule has 2 saturated heterocycles. The first-order valence-electron chi connectivity index (χ1n) is 7.51. The second-order valence-corrected chi connectivity index (χ2v) is 6.83. The van der Waals surface area contributed by atoms with Crippen LogP contribution in [0.5, 0.6) is 0 Å². The summed E-state index contributed by atoms with van der Waals surface area (Å²) in [5, 5.41) is 10.6. The van der Waals surface area contributed by atoms with E-state index >= 15 is 0 Å². The van der Waals surface area contributed by atoms with Crippen molar-refractivity contribution in [2.75, 3.05) is 33.7 Å². The van der Waals surface area contributed by atoms with E-state index in [-0.39, 0.29) is 42.3 Å². The van der Waals surface area contributed by atoms with E-state index in [0.29, 0.717) is 24.1 Å². The number of imide groups is 1. The van der Waals surface area contributed by atoms with E-state index in [4.69, 9.17) is 4.74 Å². The summed E-state index contributed by atoms with van der Waals surface area (Å²) >= 11 is 0. The van der Waals surface area contributed by atoms with Gasteiger partial charge in [-0.15, -0.1) is 0 Å². The fraction of sp³-hybridized carbons (Fsp3) is 0.667. The molecule has 3 heterocycles. The number of rotatable bonds is 6. The number of nitrogens with zero attached hydrogens (tertiary/aromatic N) is 2. The van der Waals surface area contributed by atoms with Gasteiger partial charge in [-0.1, -0.05) is 12.2 Å². The summed E-state index contributed by atoms with van der Waals surface area (Å²) in [7, 11) is 3.76. The zero-order chi connectivity index (χ0) is 16.1. The quantitative estimate of drug-likeness (QED) is 0.326. The number of likely N-dealkylation sites (tertiary alicyclic amines) is 1. The second-order valence-electron chi connectivity index (χ2n) is 6.83. The van der Waals surface area contributed by atoms with E-state index in [0.717, 1.165) is 0 Å². The summed E-state index contributed by atoms with van der Waals surface area (Å²) < 4.78 is 6.00. The number of carboxylic acids is 1. The SMILES string of the molecule is C[N+](C)(CCC(=O)[O-])CCN1C(=O)[C@@H]2[C@H](C1=O)[C@H]1C=C[C@@H]2O1. The van der Waals surface area contributed by atoms with Crippen LogP contribution in [0.15, 0.2) is 12.2 Å². The van der Waals surface area contributed by atoms with Gasteiger partial charge in [0.15, 0.2) is 0 Å². The molecule has 0 aromatic carbocycles. The molecular weight excluding hydrogens is 288 g/mol. The highest BCUT2D eigenvalue weighted by Crippen LogP contribution is 2.44. The predicted octanol–water partition coefficient (Wildman–Crippen LogP) is -1.86. The van der Waals surface area contributed by atoms with Gasteiger partial charge < -0.3 is 19.1 Å². The first-order chi connectivity index (χ1) is 10.3. The molecule has 0 unspecified atom stereocenters. The van der Waals surface area contributed by atoms with Crippen LogP contribution in [0.4, 0.5) is 0 Å². The highest BCUT2D eigenvalue weighted by Gasteiger charge is 2.60. The Bertz CT molecular complexity index is 526. The summed E-state index contributed by atoms with van der Waals surface area (Å²) in [4.78, 5) is 36.8. The lowest BCUT2D eigenvalue weighted by Gasteiger charge is -2.31. The van der Waals surface area contributed by atoms with Gasteiger partial charge in [-0.05, 0) is 0 Å². The summed E-state index contributed by atoms with van der Waals surface area (Å²) in [5.74, 6) is -2.16. The van der Waals surface area contributed by atoms with Gasteiger partial charge in [0.25, 0.3) is 0 Å². The van der Waals surface area contributed by atoms with Crippen LogP contribution < -0.4 is 5.11 Å². The van der Waals surface area contributed by atoms with Crippen LogP contribution in [0.2, 0.25) is 0 Å². The van der Waals surface area contributed by atoms with Gasteiger partial charge in [0.1, 0.15) is 0 Å². The molecular formula is C15H20N2O5. The predicted molar refractivity (Wildman–Crippen MR) is 73.0 cm³/mol. The highest BCUT2D eigenvalue weighted by molar-refractivity contribution is 6.06. The molecule has 3 aliphatic heterocycles. The number of ether oxygens (including phenoxy) is 1. The standard InChI is InChI=1S/C15H20N2O5/c1-17(2,7-5-11(18)19)8-6-16-14(20)12-9-3-4-10(22-9)13(12)15(16)21/h3-4,9-10,12-13H,5-8H2,1-2H3/t9-,10+,12-,13+. The number of hydrogen-bond donors (Lipinski definition) is 0. The molecule has 2 amide bonds. The number of carboxylic acid groups (broad SMARTS) is 1. The number of aliphatic carboxylic acids is 1. The van der Waals surface area contributed by atoms with Gasteiger partial charge in [0, 0.05) is 12.4 Å². The third kappa shape index (κ3) is 2.44. The third-order valence-electron chi connectivity index (χ3n) is 4.85. The molecule has 0 radical (unpaired) electrons. The van der Waals surface area contributed by atoms with E-state index in [1.54, 1.807) is 0 Å². The third-order valence-corrected chi connectivity index (χ3v) is 4.85. The molecule has 0 saturated carbocycles. The summed E-state index contributed by atoms with van der Waals surface area (Å²) in [6.45, 7) is 1.24. The normalized spacial score (nSPS) is 32.9. The Morgan fingerprint density at radius 1 is 1.18 bits per heavy atom. The maximum atomic E-state index is 12.5. The van der Waals surface area contributed by atoms with Crippen LogP contribution in [0.1, 0.15) is 6.42 Å². The fourth-order valence-electron chi connectivity index (χ4n) is 3.46. The molecule has 22 heavy (non-hydrogen) atoms. The highest BCUT2D eigenvalue weighted by atomic mass is 16.5. The average Bonchev–Trinajstić information content (AvgIpc) is 3.10. The maximum Gasteiger partial charge on any atom is 0.236 e. The van der Waals surface area contributed by atoms with Crippen LogP contribution in [0.25, 0.3) is 0 Å². The fourth-order valence-corrected chi connectivity index (χ4v) is 3.46. The molecule has 120 valence electrons.